The molecule has 0 atom stereocenters. The highest BCUT2D eigenvalue weighted by Crippen LogP contribution is 2.26. The molecule has 0 saturated carbocycles. The highest BCUT2D eigenvalue weighted by Gasteiger charge is 2.08. The average molecular weight is 353 g/mol. The van der Waals surface area contributed by atoms with Gasteiger partial charge in [-0.15, -0.1) is 0 Å². The Morgan fingerprint density at radius 3 is 2.70 bits per heavy atom. The number of benzene rings is 2. The van der Waals surface area contributed by atoms with E-state index >= 15 is 0 Å². The molecule has 0 unspecified atom stereocenters. The van der Waals surface area contributed by atoms with Crippen LogP contribution in [0.15, 0.2) is 42.5 Å². The van der Waals surface area contributed by atoms with Gasteiger partial charge in [-0.3, -0.25) is 4.79 Å². The van der Waals surface area contributed by atoms with E-state index < -0.39 is 0 Å². The summed E-state index contributed by atoms with van der Waals surface area (Å²) in [6.07, 6.45) is 0.919. The van der Waals surface area contributed by atoms with Crippen molar-refractivity contribution in [3.05, 3.63) is 52.5 Å². The van der Waals surface area contributed by atoms with E-state index in [-0.39, 0.29) is 12.5 Å². The minimum absolute atomic E-state index is 0.0926. The van der Waals surface area contributed by atoms with Crippen molar-refractivity contribution in [2.24, 2.45) is 0 Å². The zero-order valence-electron chi connectivity index (χ0n) is 12.7. The van der Waals surface area contributed by atoms with Gasteiger partial charge < -0.3 is 15.4 Å². The summed E-state index contributed by atoms with van der Waals surface area (Å²) in [5, 5.41) is 6.74. The molecule has 0 fully saturated rings. The first-order valence-electron chi connectivity index (χ1n) is 7.30. The third-order valence-electron chi connectivity index (χ3n) is 2.99. The predicted octanol–water partition coefficient (Wildman–Crippen LogP) is 4.83. The normalized spacial score (nSPS) is 10.2. The first-order chi connectivity index (χ1) is 11.1. The SMILES string of the molecule is CCCOc1ccccc1NCC(=O)Nc1cc(Cl)ccc1Cl. The van der Waals surface area contributed by atoms with E-state index in [9.17, 15) is 4.79 Å². The van der Waals surface area contributed by atoms with Crippen LogP contribution in [0.1, 0.15) is 13.3 Å². The molecule has 2 aromatic carbocycles. The molecule has 2 N–H and O–H groups in total. The number of amides is 1. The third-order valence-corrected chi connectivity index (χ3v) is 3.56. The van der Waals surface area contributed by atoms with E-state index in [0.29, 0.717) is 22.3 Å². The molecule has 0 aliphatic carbocycles. The largest absolute Gasteiger partial charge is 0.491 e. The van der Waals surface area contributed by atoms with E-state index in [2.05, 4.69) is 10.6 Å². The summed E-state index contributed by atoms with van der Waals surface area (Å²) in [7, 11) is 0. The number of carbonyl (C=O) groups excluding carboxylic acids is 1. The molecule has 1 amide bonds. The molecule has 0 saturated heterocycles. The number of para-hydroxylation sites is 2. The Morgan fingerprint density at radius 2 is 1.91 bits per heavy atom. The molecule has 4 nitrogen and oxygen atoms in total. The lowest BCUT2D eigenvalue weighted by Gasteiger charge is -2.13. The van der Waals surface area contributed by atoms with Crippen molar-refractivity contribution >= 4 is 40.5 Å². The third kappa shape index (κ3) is 5.34. The minimum Gasteiger partial charge on any atom is -0.491 e. The molecule has 0 aliphatic heterocycles. The fraction of sp³-hybridized carbons (Fsp3) is 0.235. The van der Waals surface area contributed by atoms with Gasteiger partial charge in [0.2, 0.25) is 5.91 Å². The van der Waals surface area contributed by atoms with Crippen molar-refractivity contribution < 1.29 is 9.53 Å². The highest BCUT2D eigenvalue weighted by atomic mass is 35.5. The fourth-order valence-corrected chi connectivity index (χ4v) is 2.25. The summed E-state index contributed by atoms with van der Waals surface area (Å²) in [4.78, 5) is 12.1. The second-order valence-corrected chi connectivity index (χ2v) is 5.71. The van der Waals surface area contributed by atoms with Gasteiger partial charge in [0.05, 0.1) is 29.5 Å². The quantitative estimate of drug-likeness (QED) is 0.749. The smallest absolute Gasteiger partial charge is 0.243 e. The minimum atomic E-state index is -0.223. The Kier molecular flexibility index (Phi) is 6.56. The number of hydrogen-bond donors (Lipinski definition) is 2. The van der Waals surface area contributed by atoms with Gasteiger partial charge >= 0.3 is 0 Å². The molecule has 0 radical (unpaired) electrons. The zero-order chi connectivity index (χ0) is 16.7. The Balaban J connectivity index is 1.95. The van der Waals surface area contributed by atoms with Crippen LogP contribution in [0.2, 0.25) is 10.0 Å². The number of rotatable bonds is 7. The number of hydrogen-bond acceptors (Lipinski definition) is 3. The Morgan fingerprint density at radius 1 is 1.13 bits per heavy atom. The molecule has 2 aromatic rings. The Bertz CT molecular complexity index is 677. The summed E-state index contributed by atoms with van der Waals surface area (Å²) in [5.41, 5.74) is 1.26. The second-order valence-electron chi connectivity index (χ2n) is 4.87. The van der Waals surface area contributed by atoms with Crippen molar-refractivity contribution in [3.63, 3.8) is 0 Å². The van der Waals surface area contributed by atoms with Gasteiger partial charge in [-0.05, 0) is 36.8 Å². The summed E-state index contributed by atoms with van der Waals surface area (Å²) in [6, 6.07) is 12.4. The maximum Gasteiger partial charge on any atom is 0.243 e. The average Bonchev–Trinajstić information content (AvgIpc) is 2.55. The molecule has 0 aromatic heterocycles. The zero-order valence-corrected chi connectivity index (χ0v) is 14.2. The number of ether oxygens (including phenoxy) is 1. The molecule has 2 rings (SSSR count). The van der Waals surface area contributed by atoms with Crippen LogP contribution < -0.4 is 15.4 Å². The van der Waals surface area contributed by atoms with Crippen LogP contribution in [-0.2, 0) is 4.79 Å². The van der Waals surface area contributed by atoms with E-state index in [4.69, 9.17) is 27.9 Å². The van der Waals surface area contributed by atoms with Crippen LogP contribution in [0.3, 0.4) is 0 Å². The van der Waals surface area contributed by atoms with Gasteiger partial charge in [-0.1, -0.05) is 42.3 Å². The van der Waals surface area contributed by atoms with Crippen LogP contribution in [0.25, 0.3) is 0 Å². The number of halogens is 2. The molecule has 122 valence electrons. The second kappa shape index (κ2) is 8.65. The molecular formula is C17H18Cl2N2O2. The molecular weight excluding hydrogens is 335 g/mol. The van der Waals surface area contributed by atoms with Gasteiger partial charge in [0.15, 0.2) is 0 Å². The Labute approximate surface area is 145 Å². The summed E-state index contributed by atoms with van der Waals surface area (Å²) in [6.45, 7) is 2.76. The van der Waals surface area contributed by atoms with Gasteiger partial charge in [0, 0.05) is 5.02 Å². The predicted molar refractivity (Wildman–Crippen MR) is 95.8 cm³/mol. The topological polar surface area (TPSA) is 50.4 Å². The molecule has 6 heteroatoms. The van der Waals surface area contributed by atoms with Crippen LogP contribution in [0, 0.1) is 0 Å². The number of nitrogens with one attached hydrogen (secondary N) is 2. The molecule has 0 heterocycles. The van der Waals surface area contributed by atoms with E-state index in [1.165, 1.54) is 0 Å². The van der Waals surface area contributed by atoms with Gasteiger partial charge in [0.1, 0.15) is 5.75 Å². The number of anilines is 2. The fourth-order valence-electron chi connectivity index (χ4n) is 1.91. The summed E-state index contributed by atoms with van der Waals surface area (Å²) in [5.74, 6) is 0.502. The number of carbonyl (C=O) groups is 1. The molecule has 0 aliphatic rings. The van der Waals surface area contributed by atoms with Crippen LogP contribution in [0.5, 0.6) is 5.75 Å². The van der Waals surface area contributed by atoms with E-state index in [1.807, 2.05) is 31.2 Å². The standard InChI is InChI=1S/C17H18Cl2N2O2/c1-2-9-23-16-6-4-3-5-14(16)20-11-17(22)21-15-10-12(18)7-8-13(15)19/h3-8,10,20H,2,9,11H2,1H3,(H,21,22). The maximum absolute atomic E-state index is 12.1. The lowest BCUT2D eigenvalue weighted by Crippen LogP contribution is -2.22. The van der Waals surface area contributed by atoms with Crippen molar-refractivity contribution in [2.45, 2.75) is 13.3 Å². The van der Waals surface area contributed by atoms with Gasteiger partial charge in [-0.2, -0.15) is 0 Å². The van der Waals surface area contributed by atoms with E-state index in [1.54, 1.807) is 18.2 Å². The van der Waals surface area contributed by atoms with Gasteiger partial charge in [-0.25, -0.2) is 0 Å². The van der Waals surface area contributed by atoms with Crippen molar-refractivity contribution in [1.82, 2.24) is 0 Å². The van der Waals surface area contributed by atoms with E-state index in [0.717, 1.165) is 17.9 Å². The lowest BCUT2D eigenvalue weighted by molar-refractivity contribution is -0.114. The van der Waals surface area contributed by atoms with Gasteiger partial charge in [0.25, 0.3) is 0 Å². The highest BCUT2D eigenvalue weighted by molar-refractivity contribution is 6.35. The molecule has 0 bridgehead atoms. The van der Waals surface area contributed by atoms with Crippen molar-refractivity contribution in [1.29, 1.82) is 0 Å². The first-order valence-corrected chi connectivity index (χ1v) is 8.06. The maximum atomic E-state index is 12.1. The molecule has 0 spiro atoms. The van der Waals surface area contributed by atoms with Crippen molar-refractivity contribution in [2.75, 3.05) is 23.8 Å². The lowest BCUT2D eigenvalue weighted by atomic mass is 10.3. The van der Waals surface area contributed by atoms with Crippen molar-refractivity contribution in [3.8, 4) is 5.75 Å². The monoisotopic (exact) mass is 352 g/mol. The molecule has 23 heavy (non-hydrogen) atoms. The Hall–Kier alpha value is -1.91. The summed E-state index contributed by atoms with van der Waals surface area (Å²) >= 11 is 11.9. The van der Waals surface area contributed by atoms with Crippen LogP contribution >= 0.6 is 23.2 Å². The summed E-state index contributed by atoms with van der Waals surface area (Å²) < 4.78 is 5.64. The van der Waals surface area contributed by atoms with Crippen LogP contribution in [0.4, 0.5) is 11.4 Å². The first kappa shape index (κ1) is 17.4. The van der Waals surface area contributed by atoms with Crippen LogP contribution in [-0.4, -0.2) is 19.1 Å².